The van der Waals surface area contributed by atoms with Crippen molar-refractivity contribution < 1.29 is 26.4 Å². The highest BCUT2D eigenvalue weighted by Crippen LogP contribution is 2.30. The van der Waals surface area contributed by atoms with Crippen molar-refractivity contribution >= 4 is 54.8 Å². The third-order valence-corrected chi connectivity index (χ3v) is 9.52. The number of carbonyl (C=O) groups excluding carboxylic acids is 1. The standard InChI is InChI=1S/C23H29Cl2N3O6S2/c1-3-22(28(35(2,30)31)17-6-11-20(24)21(25)16-17)23(29)26-12-15-34-18-7-9-19(10-8-18)36(32,33)27-13-4-5-14-27/h6-11,16,22H,3-5,12-15H2,1-2H3,(H,26,29)/t22-/m0/s1. The minimum absolute atomic E-state index is 0.103. The number of nitrogens with zero attached hydrogens (tertiary/aromatic N) is 2. The number of benzene rings is 2. The first kappa shape index (κ1) is 28.5. The van der Waals surface area contributed by atoms with Crippen LogP contribution >= 0.6 is 23.2 Å². The Morgan fingerprint density at radius 2 is 1.69 bits per heavy atom. The molecule has 13 heteroatoms. The van der Waals surface area contributed by atoms with Gasteiger partial charge in [-0.3, -0.25) is 9.10 Å². The second-order valence-corrected chi connectivity index (χ2v) is 12.9. The van der Waals surface area contributed by atoms with Crippen LogP contribution in [0.4, 0.5) is 5.69 Å². The molecule has 1 N–H and O–H groups in total. The van der Waals surface area contributed by atoms with E-state index < -0.39 is 32.0 Å². The lowest BCUT2D eigenvalue weighted by molar-refractivity contribution is -0.122. The predicted octanol–water partition coefficient (Wildman–Crippen LogP) is 3.52. The molecule has 1 amide bonds. The Hall–Kier alpha value is -2.05. The van der Waals surface area contributed by atoms with E-state index in [0.29, 0.717) is 18.8 Å². The zero-order chi connectivity index (χ0) is 26.5. The van der Waals surface area contributed by atoms with Gasteiger partial charge in [0.05, 0.1) is 33.4 Å². The van der Waals surface area contributed by atoms with Gasteiger partial charge in [0.1, 0.15) is 18.4 Å². The highest BCUT2D eigenvalue weighted by molar-refractivity contribution is 7.92. The summed E-state index contributed by atoms with van der Waals surface area (Å²) in [7, 11) is -7.31. The predicted molar refractivity (Wildman–Crippen MR) is 141 cm³/mol. The van der Waals surface area contributed by atoms with E-state index >= 15 is 0 Å². The fraction of sp³-hybridized carbons (Fsp3) is 0.435. The summed E-state index contributed by atoms with van der Waals surface area (Å²) in [4.78, 5) is 13.1. The average molecular weight is 579 g/mol. The van der Waals surface area contributed by atoms with Crippen LogP contribution < -0.4 is 14.4 Å². The van der Waals surface area contributed by atoms with E-state index in [4.69, 9.17) is 27.9 Å². The molecule has 0 bridgehead atoms. The first-order chi connectivity index (χ1) is 16.9. The first-order valence-electron chi connectivity index (χ1n) is 11.4. The minimum Gasteiger partial charge on any atom is -0.492 e. The van der Waals surface area contributed by atoms with Crippen LogP contribution in [-0.4, -0.2) is 65.6 Å². The Morgan fingerprint density at radius 1 is 1.06 bits per heavy atom. The van der Waals surface area contributed by atoms with Crippen LogP contribution in [-0.2, 0) is 24.8 Å². The molecular weight excluding hydrogens is 549 g/mol. The molecule has 0 radical (unpaired) electrons. The second kappa shape index (κ2) is 12.0. The van der Waals surface area contributed by atoms with Crippen molar-refractivity contribution in [2.75, 3.05) is 36.8 Å². The van der Waals surface area contributed by atoms with Crippen LogP contribution in [0.3, 0.4) is 0 Å². The second-order valence-electron chi connectivity index (χ2n) is 8.30. The van der Waals surface area contributed by atoms with E-state index in [2.05, 4.69) is 5.32 Å². The number of hydrogen-bond donors (Lipinski definition) is 1. The van der Waals surface area contributed by atoms with Gasteiger partial charge in [-0.2, -0.15) is 4.31 Å². The highest BCUT2D eigenvalue weighted by Gasteiger charge is 2.32. The summed E-state index contributed by atoms with van der Waals surface area (Å²) in [6, 6.07) is 9.47. The van der Waals surface area contributed by atoms with Crippen LogP contribution in [0, 0.1) is 0 Å². The molecule has 0 aliphatic carbocycles. The molecule has 1 fully saturated rings. The molecule has 1 aliphatic rings. The molecule has 1 saturated heterocycles. The summed E-state index contributed by atoms with van der Waals surface area (Å²) in [5, 5.41) is 3.13. The maximum Gasteiger partial charge on any atom is 0.244 e. The summed E-state index contributed by atoms with van der Waals surface area (Å²) >= 11 is 12.0. The maximum absolute atomic E-state index is 12.9. The molecule has 0 saturated carbocycles. The van der Waals surface area contributed by atoms with Crippen molar-refractivity contribution in [3.63, 3.8) is 0 Å². The Balaban J connectivity index is 1.59. The van der Waals surface area contributed by atoms with Crippen LogP contribution in [0.5, 0.6) is 5.75 Å². The Morgan fingerprint density at radius 3 is 2.25 bits per heavy atom. The Bertz CT molecular complexity index is 1280. The van der Waals surface area contributed by atoms with Crippen LogP contribution in [0.1, 0.15) is 26.2 Å². The van der Waals surface area contributed by atoms with E-state index in [1.165, 1.54) is 34.6 Å². The van der Waals surface area contributed by atoms with Crippen molar-refractivity contribution in [3.05, 3.63) is 52.5 Å². The van der Waals surface area contributed by atoms with Crippen molar-refractivity contribution in [3.8, 4) is 5.75 Å². The summed E-state index contributed by atoms with van der Waals surface area (Å²) in [5.74, 6) is -0.0464. The molecule has 0 unspecified atom stereocenters. The molecule has 3 rings (SSSR count). The molecule has 9 nitrogen and oxygen atoms in total. The van der Waals surface area contributed by atoms with E-state index in [1.54, 1.807) is 19.1 Å². The summed E-state index contributed by atoms with van der Waals surface area (Å²) in [6.45, 7) is 2.98. The van der Waals surface area contributed by atoms with Gasteiger partial charge in [-0.05, 0) is 61.7 Å². The molecule has 0 aromatic heterocycles. The normalized spacial score (nSPS) is 15.4. The van der Waals surface area contributed by atoms with Crippen LogP contribution in [0.2, 0.25) is 10.0 Å². The number of ether oxygens (including phenoxy) is 1. The lowest BCUT2D eigenvalue weighted by Gasteiger charge is -2.30. The van der Waals surface area contributed by atoms with Gasteiger partial charge < -0.3 is 10.1 Å². The van der Waals surface area contributed by atoms with Crippen LogP contribution in [0.15, 0.2) is 47.4 Å². The maximum atomic E-state index is 12.9. The van der Waals surface area contributed by atoms with E-state index in [-0.39, 0.29) is 40.2 Å². The lowest BCUT2D eigenvalue weighted by atomic mass is 10.2. The van der Waals surface area contributed by atoms with Crippen molar-refractivity contribution in [1.29, 1.82) is 0 Å². The van der Waals surface area contributed by atoms with E-state index in [0.717, 1.165) is 23.4 Å². The number of sulfonamides is 2. The largest absolute Gasteiger partial charge is 0.492 e. The van der Waals surface area contributed by atoms with Crippen molar-refractivity contribution in [2.45, 2.75) is 37.1 Å². The summed E-state index contributed by atoms with van der Waals surface area (Å²) < 4.78 is 58.4. The number of rotatable bonds is 11. The van der Waals surface area contributed by atoms with Crippen molar-refractivity contribution in [1.82, 2.24) is 9.62 Å². The number of amides is 1. The molecular formula is C23H29Cl2N3O6S2. The lowest BCUT2D eigenvalue weighted by Crippen LogP contribution is -2.50. The quantitative estimate of drug-likeness (QED) is 0.409. The summed E-state index contributed by atoms with van der Waals surface area (Å²) in [5.41, 5.74) is 0.231. The number of hydrogen-bond acceptors (Lipinski definition) is 6. The fourth-order valence-electron chi connectivity index (χ4n) is 3.93. The van der Waals surface area contributed by atoms with Gasteiger partial charge >= 0.3 is 0 Å². The monoisotopic (exact) mass is 577 g/mol. The van der Waals surface area contributed by atoms with Gasteiger partial charge in [0, 0.05) is 13.1 Å². The topological polar surface area (TPSA) is 113 Å². The van der Waals surface area contributed by atoms with Crippen molar-refractivity contribution in [2.24, 2.45) is 0 Å². The summed E-state index contributed by atoms with van der Waals surface area (Å²) in [6.07, 6.45) is 2.95. The average Bonchev–Trinajstić information content (AvgIpc) is 3.37. The zero-order valence-corrected chi connectivity index (χ0v) is 23.1. The SMILES string of the molecule is CC[C@@H](C(=O)NCCOc1ccc(S(=O)(=O)N2CCCC2)cc1)N(c1ccc(Cl)c(Cl)c1)S(C)(=O)=O. The number of carbonyl (C=O) groups is 1. The number of halogens is 2. The third kappa shape index (κ3) is 6.83. The van der Waals surface area contributed by atoms with Gasteiger partial charge in [0.25, 0.3) is 0 Å². The van der Waals surface area contributed by atoms with Gasteiger partial charge in [-0.15, -0.1) is 0 Å². The Labute approximate surface area is 222 Å². The van der Waals surface area contributed by atoms with Gasteiger partial charge in [0.15, 0.2) is 0 Å². The zero-order valence-electron chi connectivity index (χ0n) is 20.0. The van der Waals surface area contributed by atoms with Gasteiger partial charge in [-0.1, -0.05) is 30.1 Å². The van der Waals surface area contributed by atoms with Crippen LogP contribution in [0.25, 0.3) is 0 Å². The molecule has 0 spiro atoms. The molecule has 198 valence electrons. The van der Waals surface area contributed by atoms with E-state index in [1.807, 2.05) is 0 Å². The molecule has 2 aromatic rings. The molecule has 1 heterocycles. The van der Waals surface area contributed by atoms with Gasteiger partial charge in [-0.25, -0.2) is 16.8 Å². The van der Waals surface area contributed by atoms with Gasteiger partial charge in [0.2, 0.25) is 26.0 Å². The smallest absolute Gasteiger partial charge is 0.244 e. The van der Waals surface area contributed by atoms with E-state index in [9.17, 15) is 21.6 Å². The number of anilines is 1. The third-order valence-electron chi connectivity index (χ3n) is 5.68. The first-order valence-corrected chi connectivity index (χ1v) is 15.4. The minimum atomic E-state index is -3.81. The fourth-order valence-corrected chi connectivity index (χ4v) is 6.94. The number of nitrogens with one attached hydrogen (secondary N) is 1. The molecule has 1 atom stereocenters. The Kier molecular flexibility index (Phi) is 9.50. The molecule has 2 aromatic carbocycles. The highest BCUT2D eigenvalue weighted by atomic mass is 35.5. The molecule has 36 heavy (non-hydrogen) atoms. The molecule has 1 aliphatic heterocycles.